The van der Waals surface area contributed by atoms with E-state index in [4.69, 9.17) is 10.5 Å². The van der Waals surface area contributed by atoms with Crippen molar-refractivity contribution in [2.45, 2.75) is 26.7 Å². The van der Waals surface area contributed by atoms with E-state index in [0.29, 0.717) is 17.5 Å². The molecule has 0 saturated heterocycles. The van der Waals surface area contributed by atoms with Gasteiger partial charge in [0.05, 0.1) is 5.56 Å². The van der Waals surface area contributed by atoms with Crippen LogP contribution in [0.5, 0.6) is 11.6 Å². The minimum absolute atomic E-state index is 0.210. The number of hydrogen-bond donors (Lipinski definition) is 1. The van der Waals surface area contributed by atoms with E-state index < -0.39 is 0 Å². The van der Waals surface area contributed by atoms with Crippen molar-refractivity contribution < 1.29 is 4.74 Å². The van der Waals surface area contributed by atoms with Crippen LogP contribution in [0.15, 0.2) is 24.3 Å². The molecule has 100 valence electrons. The highest BCUT2D eigenvalue weighted by Crippen LogP contribution is 2.27. The van der Waals surface area contributed by atoms with Crippen LogP contribution >= 0.6 is 22.6 Å². The van der Waals surface area contributed by atoms with Gasteiger partial charge in [-0.3, -0.25) is 0 Å². The molecule has 0 unspecified atom stereocenters. The zero-order chi connectivity index (χ0) is 14.0. The number of aromatic nitrogens is 2. The van der Waals surface area contributed by atoms with Gasteiger partial charge in [0.1, 0.15) is 17.4 Å². The lowest BCUT2D eigenvalue weighted by atomic mass is 10.2. The van der Waals surface area contributed by atoms with Gasteiger partial charge in [0.15, 0.2) is 0 Å². The van der Waals surface area contributed by atoms with E-state index in [0.717, 1.165) is 14.9 Å². The third-order valence-electron chi connectivity index (χ3n) is 2.70. The van der Waals surface area contributed by atoms with Gasteiger partial charge in [0, 0.05) is 9.49 Å². The van der Waals surface area contributed by atoms with Gasteiger partial charge in [-0.05, 0) is 53.8 Å². The molecule has 2 aromatic rings. The highest BCUT2D eigenvalue weighted by molar-refractivity contribution is 14.1. The Hall–Kier alpha value is -1.37. The third kappa shape index (κ3) is 3.34. The Labute approximate surface area is 126 Å². The molecule has 2 rings (SSSR count). The van der Waals surface area contributed by atoms with Crippen LogP contribution in [0.3, 0.4) is 0 Å². The van der Waals surface area contributed by atoms with E-state index in [-0.39, 0.29) is 5.92 Å². The molecule has 0 aliphatic carbocycles. The van der Waals surface area contributed by atoms with Gasteiger partial charge in [-0.1, -0.05) is 13.8 Å². The Kier molecular flexibility index (Phi) is 4.24. The first kappa shape index (κ1) is 14.0. The molecule has 0 aliphatic heterocycles. The predicted octanol–water partition coefficient (Wildman–Crippen LogP) is 3.89. The van der Waals surface area contributed by atoms with Crippen molar-refractivity contribution in [3.63, 3.8) is 0 Å². The Bertz CT molecular complexity index is 582. The van der Waals surface area contributed by atoms with E-state index in [1.807, 2.05) is 45.0 Å². The maximum Gasteiger partial charge on any atom is 0.227 e. The summed E-state index contributed by atoms with van der Waals surface area (Å²) < 4.78 is 6.96. The second-order valence-corrected chi connectivity index (χ2v) is 5.85. The summed E-state index contributed by atoms with van der Waals surface area (Å²) in [6, 6.07) is 7.79. The van der Waals surface area contributed by atoms with Gasteiger partial charge in [0.25, 0.3) is 0 Å². The van der Waals surface area contributed by atoms with Gasteiger partial charge in [-0.2, -0.15) is 4.98 Å². The SMILES string of the molecule is Cc1c(N)nc(C(C)C)nc1Oc1ccc(I)cc1. The lowest BCUT2D eigenvalue weighted by Crippen LogP contribution is -2.06. The first-order chi connectivity index (χ1) is 8.97. The van der Waals surface area contributed by atoms with E-state index in [2.05, 4.69) is 32.6 Å². The number of anilines is 1. The summed E-state index contributed by atoms with van der Waals surface area (Å²) in [4.78, 5) is 8.71. The largest absolute Gasteiger partial charge is 0.439 e. The van der Waals surface area contributed by atoms with Crippen LogP contribution < -0.4 is 10.5 Å². The molecule has 2 N–H and O–H groups in total. The maximum absolute atomic E-state index is 5.90. The second kappa shape index (κ2) is 5.73. The molecule has 0 atom stereocenters. The summed E-state index contributed by atoms with van der Waals surface area (Å²) in [6.07, 6.45) is 0. The minimum atomic E-state index is 0.210. The first-order valence-corrected chi connectivity index (χ1v) is 7.12. The molecule has 1 aromatic heterocycles. The molecule has 1 heterocycles. The molecular weight excluding hydrogens is 353 g/mol. The third-order valence-corrected chi connectivity index (χ3v) is 3.42. The van der Waals surface area contributed by atoms with Crippen LogP contribution in [0.1, 0.15) is 31.2 Å². The predicted molar refractivity (Wildman–Crippen MR) is 84.5 cm³/mol. The maximum atomic E-state index is 5.90. The van der Waals surface area contributed by atoms with Crippen molar-refractivity contribution in [1.29, 1.82) is 0 Å². The number of nitrogen functional groups attached to an aromatic ring is 1. The fraction of sp³-hybridized carbons (Fsp3) is 0.286. The van der Waals surface area contributed by atoms with Crippen molar-refractivity contribution >= 4 is 28.4 Å². The van der Waals surface area contributed by atoms with Crippen LogP contribution in [0.2, 0.25) is 0 Å². The Morgan fingerprint density at radius 1 is 1.16 bits per heavy atom. The van der Waals surface area contributed by atoms with Crippen molar-refractivity contribution in [3.8, 4) is 11.6 Å². The van der Waals surface area contributed by atoms with E-state index in [1.165, 1.54) is 0 Å². The van der Waals surface area contributed by atoms with Gasteiger partial charge < -0.3 is 10.5 Å². The second-order valence-electron chi connectivity index (χ2n) is 4.61. The Morgan fingerprint density at radius 2 is 1.79 bits per heavy atom. The molecule has 4 nitrogen and oxygen atoms in total. The van der Waals surface area contributed by atoms with Crippen LogP contribution in [-0.4, -0.2) is 9.97 Å². The number of nitrogens with two attached hydrogens (primary N) is 1. The smallest absolute Gasteiger partial charge is 0.227 e. The van der Waals surface area contributed by atoms with Crippen molar-refractivity contribution in [2.24, 2.45) is 0 Å². The van der Waals surface area contributed by atoms with Crippen molar-refractivity contribution in [1.82, 2.24) is 9.97 Å². The topological polar surface area (TPSA) is 61.0 Å². The summed E-state index contributed by atoms with van der Waals surface area (Å²) in [5, 5.41) is 0. The van der Waals surface area contributed by atoms with Crippen LogP contribution in [0.4, 0.5) is 5.82 Å². The summed E-state index contributed by atoms with van der Waals surface area (Å²) in [5.41, 5.74) is 6.67. The average Bonchev–Trinajstić information content (AvgIpc) is 2.37. The molecule has 0 fully saturated rings. The zero-order valence-corrected chi connectivity index (χ0v) is 13.3. The molecule has 5 heteroatoms. The van der Waals surface area contributed by atoms with E-state index >= 15 is 0 Å². The van der Waals surface area contributed by atoms with Gasteiger partial charge in [-0.15, -0.1) is 0 Å². The highest BCUT2D eigenvalue weighted by atomic mass is 127. The summed E-state index contributed by atoms with van der Waals surface area (Å²) in [6.45, 7) is 5.92. The molecule has 0 saturated carbocycles. The highest BCUT2D eigenvalue weighted by Gasteiger charge is 2.13. The number of benzene rings is 1. The van der Waals surface area contributed by atoms with Gasteiger partial charge in [-0.25, -0.2) is 4.98 Å². The number of hydrogen-bond acceptors (Lipinski definition) is 4. The van der Waals surface area contributed by atoms with E-state index in [1.54, 1.807) is 0 Å². The van der Waals surface area contributed by atoms with Gasteiger partial charge in [0.2, 0.25) is 5.88 Å². The Morgan fingerprint density at radius 3 is 2.37 bits per heavy atom. The fourth-order valence-electron chi connectivity index (χ4n) is 1.50. The normalized spacial score (nSPS) is 10.8. The molecular formula is C14H16IN3O. The van der Waals surface area contributed by atoms with Crippen molar-refractivity contribution in [2.75, 3.05) is 5.73 Å². The van der Waals surface area contributed by atoms with Crippen LogP contribution in [0, 0.1) is 10.5 Å². The Balaban J connectivity index is 2.36. The van der Waals surface area contributed by atoms with Crippen LogP contribution in [0.25, 0.3) is 0 Å². The van der Waals surface area contributed by atoms with Crippen molar-refractivity contribution in [3.05, 3.63) is 39.2 Å². The number of rotatable bonds is 3. The minimum Gasteiger partial charge on any atom is -0.439 e. The van der Waals surface area contributed by atoms with Crippen LogP contribution in [-0.2, 0) is 0 Å². The number of halogens is 1. The lowest BCUT2D eigenvalue weighted by molar-refractivity contribution is 0.453. The molecule has 0 bridgehead atoms. The van der Waals surface area contributed by atoms with Gasteiger partial charge >= 0.3 is 0 Å². The standard InChI is InChI=1S/C14H16IN3O/c1-8(2)13-17-12(16)9(3)14(18-13)19-11-6-4-10(15)5-7-11/h4-8H,1-3H3,(H2,16,17,18). The molecule has 0 amide bonds. The molecule has 19 heavy (non-hydrogen) atoms. The molecule has 0 radical (unpaired) electrons. The summed E-state index contributed by atoms with van der Waals surface area (Å²) in [7, 11) is 0. The first-order valence-electron chi connectivity index (χ1n) is 6.05. The fourth-order valence-corrected chi connectivity index (χ4v) is 1.86. The molecule has 0 aliphatic rings. The summed E-state index contributed by atoms with van der Waals surface area (Å²) in [5.74, 6) is 2.65. The molecule has 0 spiro atoms. The zero-order valence-electron chi connectivity index (χ0n) is 11.1. The average molecular weight is 369 g/mol. The monoisotopic (exact) mass is 369 g/mol. The summed E-state index contributed by atoms with van der Waals surface area (Å²) >= 11 is 2.25. The lowest BCUT2D eigenvalue weighted by Gasteiger charge is -2.12. The number of nitrogens with zero attached hydrogens (tertiary/aromatic N) is 2. The quantitative estimate of drug-likeness (QED) is 0.834. The number of ether oxygens (including phenoxy) is 1. The van der Waals surface area contributed by atoms with E-state index in [9.17, 15) is 0 Å². The molecule has 1 aromatic carbocycles.